The Kier molecular flexibility index (Phi) is 5.25. The Labute approximate surface area is 137 Å². The van der Waals surface area contributed by atoms with Gasteiger partial charge in [0.2, 0.25) is 5.91 Å². The molecule has 24 heavy (non-hydrogen) atoms. The third-order valence-electron chi connectivity index (χ3n) is 3.40. The largest absolute Gasteiger partial charge is 0.480 e. The zero-order chi connectivity index (χ0) is 17.7. The van der Waals surface area contributed by atoms with E-state index in [1.165, 1.54) is 10.9 Å². The zero-order valence-electron chi connectivity index (χ0n) is 13.0. The number of pyridine rings is 1. The van der Waals surface area contributed by atoms with Crippen molar-refractivity contribution < 1.29 is 19.5 Å². The van der Waals surface area contributed by atoms with Crippen LogP contribution >= 0.6 is 0 Å². The first-order chi connectivity index (χ1) is 11.4. The number of nitrogens with zero attached hydrogens (tertiary/aromatic N) is 3. The summed E-state index contributed by atoms with van der Waals surface area (Å²) in [5.74, 6) is -1.92. The summed E-state index contributed by atoms with van der Waals surface area (Å²) < 4.78 is 1.48. The molecule has 2 aromatic rings. The van der Waals surface area contributed by atoms with Crippen LogP contribution in [0, 0.1) is 6.92 Å². The van der Waals surface area contributed by atoms with Crippen LogP contribution in [0.15, 0.2) is 30.6 Å². The van der Waals surface area contributed by atoms with Crippen molar-refractivity contribution in [1.82, 2.24) is 20.1 Å². The second kappa shape index (κ2) is 7.36. The Morgan fingerprint density at radius 3 is 2.71 bits per heavy atom. The average molecular weight is 331 g/mol. The molecule has 1 unspecified atom stereocenters. The Hall–Kier alpha value is -3.23. The van der Waals surface area contributed by atoms with E-state index in [0.29, 0.717) is 11.5 Å². The fourth-order valence-electron chi connectivity index (χ4n) is 2.12. The molecule has 2 heterocycles. The normalized spacial score (nSPS) is 11.7. The third-order valence-corrected chi connectivity index (χ3v) is 3.40. The number of hydrogen-bond donors (Lipinski definition) is 3. The van der Waals surface area contributed by atoms with Gasteiger partial charge in [-0.2, -0.15) is 5.10 Å². The van der Waals surface area contributed by atoms with Gasteiger partial charge in [-0.25, -0.2) is 14.5 Å². The molecule has 9 nitrogen and oxygen atoms in total. The molecule has 1 atom stereocenters. The number of nitrogens with one attached hydrogen (secondary N) is 1. The Balaban J connectivity index is 2.16. The summed E-state index contributed by atoms with van der Waals surface area (Å²) in [6, 6.07) is 4.07. The quantitative estimate of drug-likeness (QED) is 0.653. The van der Waals surface area contributed by atoms with Crippen molar-refractivity contribution in [3.63, 3.8) is 0 Å². The molecular formula is C15H17N5O4. The summed E-state index contributed by atoms with van der Waals surface area (Å²) in [6.45, 7) is 1.68. The van der Waals surface area contributed by atoms with E-state index in [9.17, 15) is 14.4 Å². The van der Waals surface area contributed by atoms with Crippen LogP contribution in [0.5, 0.6) is 0 Å². The van der Waals surface area contributed by atoms with E-state index >= 15 is 0 Å². The lowest BCUT2D eigenvalue weighted by atomic mass is 10.1. The molecule has 0 aliphatic heterocycles. The van der Waals surface area contributed by atoms with E-state index in [-0.39, 0.29) is 18.4 Å². The number of hydrogen-bond acceptors (Lipinski definition) is 5. The highest BCUT2D eigenvalue weighted by atomic mass is 16.4. The number of aliphatic carboxylic acids is 1. The van der Waals surface area contributed by atoms with Crippen molar-refractivity contribution in [3.05, 3.63) is 41.9 Å². The molecule has 0 radical (unpaired) electrons. The molecule has 2 rings (SSSR count). The van der Waals surface area contributed by atoms with E-state index in [1.54, 1.807) is 31.3 Å². The zero-order valence-corrected chi connectivity index (χ0v) is 13.0. The minimum Gasteiger partial charge on any atom is -0.480 e. The van der Waals surface area contributed by atoms with Gasteiger partial charge in [0, 0.05) is 12.6 Å². The predicted molar refractivity (Wildman–Crippen MR) is 83.4 cm³/mol. The minimum atomic E-state index is -1.24. The molecule has 0 bridgehead atoms. The summed E-state index contributed by atoms with van der Waals surface area (Å²) in [5, 5.41) is 15.6. The number of nitrogens with two attached hydrogens (primary N) is 1. The van der Waals surface area contributed by atoms with Crippen LogP contribution in [-0.4, -0.2) is 43.7 Å². The monoisotopic (exact) mass is 331 g/mol. The van der Waals surface area contributed by atoms with E-state index in [1.807, 2.05) is 0 Å². The van der Waals surface area contributed by atoms with Crippen molar-refractivity contribution in [1.29, 1.82) is 0 Å². The average Bonchev–Trinajstić information content (AvgIpc) is 2.93. The molecule has 0 fully saturated rings. The number of amides is 2. The maximum atomic E-state index is 12.3. The molecule has 0 aliphatic carbocycles. The molecule has 4 N–H and O–H groups in total. The van der Waals surface area contributed by atoms with Gasteiger partial charge in [0.15, 0.2) is 5.82 Å². The van der Waals surface area contributed by atoms with Gasteiger partial charge in [0.05, 0.1) is 17.5 Å². The van der Waals surface area contributed by atoms with Crippen molar-refractivity contribution in [2.24, 2.45) is 5.73 Å². The number of rotatable bonds is 7. The SMILES string of the molecule is Cc1c(C(=O)NC(CCC(N)=O)C(=O)O)cnn1-c1ccccn1. The van der Waals surface area contributed by atoms with Gasteiger partial charge in [-0.1, -0.05) is 6.07 Å². The Morgan fingerprint density at radius 1 is 1.38 bits per heavy atom. The second-order valence-corrected chi connectivity index (χ2v) is 5.11. The van der Waals surface area contributed by atoms with Crippen molar-refractivity contribution in [2.45, 2.75) is 25.8 Å². The van der Waals surface area contributed by atoms with Gasteiger partial charge in [-0.3, -0.25) is 9.59 Å². The Morgan fingerprint density at radius 2 is 2.12 bits per heavy atom. The van der Waals surface area contributed by atoms with Gasteiger partial charge in [0.1, 0.15) is 6.04 Å². The smallest absolute Gasteiger partial charge is 0.326 e. The van der Waals surface area contributed by atoms with Crippen LogP contribution < -0.4 is 11.1 Å². The van der Waals surface area contributed by atoms with Crippen molar-refractivity contribution in [3.8, 4) is 5.82 Å². The van der Waals surface area contributed by atoms with Gasteiger partial charge < -0.3 is 16.2 Å². The third kappa shape index (κ3) is 3.94. The minimum absolute atomic E-state index is 0.0795. The lowest BCUT2D eigenvalue weighted by Gasteiger charge is -2.13. The summed E-state index contributed by atoms with van der Waals surface area (Å²) in [4.78, 5) is 38.4. The summed E-state index contributed by atoms with van der Waals surface area (Å²) in [5.41, 5.74) is 5.76. The highest BCUT2D eigenvalue weighted by Gasteiger charge is 2.23. The maximum Gasteiger partial charge on any atom is 0.326 e. The molecule has 126 valence electrons. The van der Waals surface area contributed by atoms with Crippen molar-refractivity contribution in [2.75, 3.05) is 0 Å². The first-order valence-electron chi connectivity index (χ1n) is 7.18. The highest BCUT2D eigenvalue weighted by Crippen LogP contribution is 2.12. The van der Waals surface area contributed by atoms with E-state index in [0.717, 1.165) is 0 Å². The van der Waals surface area contributed by atoms with E-state index < -0.39 is 23.8 Å². The number of carboxylic acid groups (broad SMARTS) is 1. The second-order valence-electron chi connectivity index (χ2n) is 5.11. The lowest BCUT2D eigenvalue weighted by molar-refractivity contribution is -0.139. The molecule has 0 aromatic carbocycles. The lowest BCUT2D eigenvalue weighted by Crippen LogP contribution is -2.41. The fourth-order valence-corrected chi connectivity index (χ4v) is 2.12. The van der Waals surface area contributed by atoms with Crippen LogP contribution in [0.1, 0.15) is 28.9 Å². The molecular weight excluding hydrogens is 314 g/mol. The molecule has 0 saturated heterocycles. The number of carbonyl (C=O) groups excluding carboxylic acids is 2. The number of primary amides is 1. The number of aromatic nitrogens is 3. The summed E-state index contributed by atoms with van der Waals surface area (Å²) in [7, 11) is 0. The fraction of sp³-hybridized carbons (Fsp3) is 0.267. The molecule has 9 heteroatoms. The van der Waals surface area contributed by atoms with Crippen LogP contribution in [0.3, 0.4) is 0 Å². The predicted octanol–water partition coefficient (Wildman–Crippen LogP) is 0.0242. The Bertz CT molecular complexity index is 756. The highest BCUT2D eigenvalue weighted by molar-refractivity contribution is 5.97. The summed E-state index contributed by atoms with van der Waals surface area (Å²) >= 11 is 0. The van der Waals surface area contributed by atoms with Crippen LogP contribution in [0.4, 0.5) is 0 Å². The maximum absolute atomic E-state index is 12.3. The topological polar surface area (TPSA) is 140 Å². The van der Waals surface area contributed by atoms with Gasteiger partial charge >= 0.3 is 5.97 Å². The number of carboxylic acids is 1. The molecule has 2 aromatic heterocycles. The van der Waals surface area contributed by atoms with Crippen molar-refractivity contribution >= 4 is 17.8 Å². The van der Waals surface area contributed by atoms with E-state index in [4.69, 9.17) is 10.8 Å². The molecule has 0 spiro atoms. The number of carbonyl (C=O) groups is 3. The van der Waals surface area contributed by atoms with Crippen LogP contribution in [0.2, 0.25) is 0 Å². The first-order valence-corrected chi connectivity index (χ1v) is 7.18. The van der Waals surface area contributed by atoms with Crippen LogP contribution in [0.25, 0.3) is 5.82 Å². The first kappa shape index (κ1) is 17.1. The van der Waals surface area contributed by atoms with E-state index in [2.05, 4.69) is 15.4 Å². The van der Waals surface area contributed by atoms with Gasteiger partial charge in [-0.05, 0) is 25.5 Å². The van der Waals surface area contributed by atoms with Gasteiger partial charge in [0.25, 0.3) is 5.91 Å². The standard InChI is InChI=1S/C15H17N5O4/c1-9-10(8-18-20(9)13-4-2-3-7-17-13)14(22)19-11(15(23)24)5-6-12(16)21/h2-4,7-8,11H,5-6H2,1H3,(H2,16,21)(H,19,22)(H,23,24). The van der Waals surface area contributed by atoms with Gasteiger partial charge in [-0.15, -0.1) is 0 Å². The van der Waals surface area contributed by atoms with Crippen LogP contribution in [-0.2, 0) is 9.59 Å². The molecule has 0 saturated carbocycles. The molecule has 2 amide bonds. The molecule has 0 aliphatic rings. The summed E-state index contributed by atoms with van der Waals surface area (Å²) in [6.07, 6.45) is 2.72.